The Kier molecular flexibility index (Phi) is 13.2. The number of halogens is 2. The van der Waals surface area contributed by atoms with Gasteiger partial charge in [-0.3, -0.25) is 4.79 Å². The Morgan fingerprint density at radius 1 is 0.863 bits per heavy atom. The molecule has 0 bridgehead atoms. The molecule has 270 valence electrons. The molecule has 1 fully saturated rings. The molecular formula is C42H49Cl2N3O3S. The number of nitrogens with one attached hydrogen (secondary N) is 2. The fourth-order valence-corrected chi connectivity index (χ4v) is 8.95. The van der Waals surface area contributed by atoms with Crippen molar-refractivity contribution in [3.63, 3.8) is 0 Å². The van der Waals surface area contributed by atoms with E-state index < -0.39 is 16.4 Å². The predicted molar refractivity (Wildman–Crippen MR) is 211 cm³/mol. The van der Waals surface area contributed by atoms with Crippen LogP contribution in [0.5, 0.6) is 0 Å². The first-order valence-corrected chi connectivity index (χ1v) is 19.3. The number of amides is 2. The summed E-state index contributed by atoms with van der Waals surface area (Å²) in [5.74, 6) is -0.0762. The van der Waals surface area contributed by atoms with Gasteiger partial charge in [0, 0.05) is 30.9 Å². The Labute approximate surface area is 317 Å². The van der Waals surface area contributed by atoms with Crippen LogP contribution in [0.25, 0.3) is 0 Å². The van der Waals surface area contributed by atoms with Crippen LogP contribution < -0.4 is 10.6 Å². The summed E-state index contributed by atoms with van der Waals surface area (Å²) in [5.41, 5.74) is 3.62. The number of nitrogens with zero attached hydrogens (tertiary/aromatic N) is 1. The van der Waals surface area contributed by atoms with Gasteiger partial charge in [0.05, 0.1) is 20.8 Å². The molecule has 2 N–H and O–H groups in total. The molecular weight excluding hydrogens is 697 g/mol. The quantitative estimate of drug-likeness (QED) is 0.133. The highest BCUT2D eigenvalue weighted by atomic mass is 35.5. The number of thioether (sulfide) groups is 1. The number of carbonyl (C=O) groups excluding carboxylic acids is 2. The molecule has 2 unspecified atom stereocenters. The molecule has 1 heterocycles. The standard InChI is InChI=1S/C42H49Cl2N3O3S/c1-6-29(2)38(39(48)46-26-30-17-16-24-36(43)37(30)44)45-27-34-25-35(28-47(34)40(49)50-41(3,4)5)51-42(31-18-10-7-11-19-31,32-20-12-8-13-21-32)33-22-14-9-15-23-33/h7-24,29,34-35,38,45H,6,25-28H2,1-5H3,(H,46,48)/t29-,34?,35?,38-/m0/s1. The van der Waals surface area contributed by atoms with Crippen molar-refractivity contribution in [3.05, 3.63) is 141 Å². The summed E-state index contributed by atoms with van der Waals surface area (Å²) in [5, 5.41) is 7.58. The van der Waals surface area contributed by atoms with Crippen molar-refractivity contribution in [1.29, 1.82) is 0 Å². The lowest BCUT2D eigenvalue weighted by molar-refractivity contribution is -0.124. The number of likely N-dealkylation sites (tertiary alicyclic amines) is 1. The van der Waals surface area contributed by atoms with Crippen molar-refractivity contribution in [2.45, 2.75) is 81.7 Å². The van der Waals surface area contributed by atoms with Crippen molar-refractivity contribution < 1.29 is 14.3 Å². The predicted octanol–water partition coefficient (Wildman–Crippen LogP) is 9.72. The number of hydrogen-bond donors (Lipinski definition) is 2. The SMILES string of the molecule is CC[C@H](C)[C@H](NCC1CC(SC(c2ccccc2)(c2ccccc2)c2ccccc2)CN1C(=O)OC(C)(C)C)C(=O)NCc1cccc(Cl)c1Cl. The average molecular weight is 747 g/mol. The number of carbonyl (C=O) groups is 2. The first-order valence-electron chi connectivity index (χ1n) is 17.7. The summed E-state index contributed by atoms with van der Waals surface area (Å²) < 4.78 is 5.43. The van der Waals surface area contributed by atoms with E-state index >= 15 is 0 Å². The maximum atomic E-state index is 13.8. The van der Waals surface area contributed by atoms with Gasteiger partial charge in [0.25, 0.3) is 0 Å². The third kappa shape index (κ3) is 9.50. The van der Waals surface area contributed by atoms with E-state index in [9.17, 15) is 9.59 Å². The lowest BCUT2D eigenvalue weighted by Gasteiger charge is -2.37. The van der Waals surface area contributed by atoms with Crippen LogP contribution in [0.15, 0.2) is 109 Å². The van der Waals surface area contributed by atoms with E-state index in [-0.39, 0.29) is 35.8 Å². The van der Waals surface area contributed by atoms with Crippen molar-refractivity contribution in [3.8, 4) is 0 Å². The van der Waals surface area contributed by atoms with Gasteiger partial charge in [0.15, 0.2) is 0 Å². The van der Waals surface area contributed by atoms with E-state index in [1.807, 2.05) is 67.8 Å². The zero-order valence-corrected chi connectivity index (χ0v) is 32.4. The lowest BCUT2D eigenvalue weighted by Crippen LogP contribution is -2.52. The Morgan fingerprint density at radius 2 is 1.41 bits per heavy atom. The van der Waals surface area contributed by atoms with Gasteiger partial charge in [-0.05, 0) is 61.4 Å². The van der Waals surface area contributed by atoms with E-state index in [1.54, 1.807) is 6.07 Å². The Morgan fingerprint density at radius 3 is 1.92 bits per heavy atom. The molecule has 0 radical (unpaired) electrons. The van der Waals surface area contributed by atoms with Crippen molar-refractivity contribution >= 4 is 47.0 Å². The highest BCUT2D eigenvalue weighted by molar-refractivity contribution is 8.01. The number of ether oxygens (including phenoxy) is 1. The van der Waals surface area contributed by atoms with Gasteiger partial charge in [-0.1, -0.05) is 147 Å². The van der Waals surface area contributed by atoms with Gasteiger partial charge < -0.3 is 20.3 Å². The fraction of sp³-hybridized carbons (Fsp3) is 0.381. The number of benzene rings is 4. The van der Waals surface area contributed by atoms with E-state index in [0.29, 0.717) is 23.1 Å². The smallest absolute Gasteiger partial charge is 0.410 e. The molecule has 5 rings (SSSR count). The highest BCUT2D eigenvalue weighted by Crippen LogP contribution is 2.52. The molecule has 0 spiro atoms. The minimum Gasteiger partial charge on any atom is -0.444 e. The maximum absolute atomic E-state index is 13.8. The third-order valence-corrected chi connectivity index (χ3v) is 12.0. The van der Waals surface area contributed by atoms with Crippen molar-refractivity contribution in [2.75, 3.05) is 13.1 Å². The molecule has 6 nitrogen and oxygen atoms in total. The van der Waals surface area contributed by atoms with Gasteiger partial charge in [-0.15, -0.1) is 11.8 Å². The van der Waals surface area contributed by atoms with E-state index in [2.05, 4.69) is 97.3 Å². The number of rotatable bonds is 13. The van der Waals surface area contributed by atoms with E-state index in [4.69, 9.17) is 27.9 Å². The van der Waals surface area contributed by atoms with Crippen LogP contribution in [0, 0.1) is 5.92 Å². The zero-order valence-electron chi connectivity index (χ0n) is 30.1. The summed E-state index contributed by atoms with van der Waals surface area (Å²) in [4.78, 5) is 29.4. The van der Waals surface area contributed by atoms with Crippen LogP contribution in [-0.4, -0.2) is 52.9 Å². The molecule has 4 atom stereocenters. The molecule has 0 saturated carbocycles. The lowest BCUT2D eigenvalue weighted by atomic mass is 9.84. The third-order valence-electron chi connectivity index (χ3n) is 9.44. The molecule has 51 heavy (non-hydrogen) atoms. The zero-order chi connectivity index (χ0) is 36.6. The van der Waals surface area contributed by atoms with E-state index in [0.717, 1.165) is 18.4 Å². The maximum Gasteiger partial charge on any atom is 0.410 e. The summed E-state index contributed by atoms with van der Waals surface area (Å²) in [6.07, 6.45) is 1.18. The van der Waals surface area contributed by atoms with Crippen LogP contribution >= 0.6 is 35.0 Å². The van der Waals surface area contributed by atoms with Gasteiger partial charge in [0.1, 0.15) is 5.60 Å². The minimum atomic E-state index is -0.650. The average Bonchev–Trinajstić information content (AvgIpc) is 3.54. The largest absolute Gasteiger partial charge is 0.444 e. The summed E-state index contributed by atoms with van der Waals surface area (Å²) >= 11 is 14.5. The molecule has 0 aliphatic carbocycles. The van der Waals surface area contributed by atoms with Crippen molar-refractivity contribution in [1.82, 2.24) is 15.5 Å². The molecule has 4 aromatic rings. The fourth-order valence-electron chi connectivity index (χ4n) is 6.70. The second-order valence-electron chi connectivity index (χ2n) is 14.2. The Bertz CT molecular complexity index is 1640. The topological polar surface area (TPSA) is 70.7 Å². The monoisotopic (exact) mass is 745 g/mol. The normalized spacial score (nSPS) is 17.5. The first-order chi connectivity index (χ1) is 24.4. The minimum absolute atomic E-state index is 0.0447. The van der Waals surface area contributed by atoms with Gasteiger partial charge >= 0.3 is 6.09 Å². The molecule has 2 amide bonds. The molecule has 4 aromatic carbocycles. The molecule has 9 heteroatoms. The second kappa shape index (κ2) is 17.4. The van der Waals surface area contributed by atoms with Gasteiger partial charge in [-0.25, -0.2) is 4.79 Å². The highest BCUT2D eigenvalue weighted by Gasteiger charge is 2.45. The van der Waals surface area contributed by atoms with Gasteiger partial charge in [-0.2, -0.15) is 0 Å². The molecule has 1 aliphatic heterocycles. The summed E-state index contributed by atoms with van der Waals surface area (Å²) in [7, 11) is 0. The van der Waals surface area contributed by atoms with Crippen molar-refractivity contribution in [2.24, 2.45) is 5.92 Å². The Hall–Kier alpha value is -3.49. The first kappa shape index (κ1) is 38.7. The van der Waals surface area contributed by atoms with Crippen LogP contribution in [0.2, 0.25) is 10.0 Å². The van der Waals surface area contributed by atoms with Gasteiger partial charge in [0.2, 0.25) is 5.91 Å². The van der Waals surface area contributed by atoms with Crippen LogP contribution in [0.1, 0.15) is 69.7 Å². The summed E-state index contributed by atoms with van der Waals surface area (Å²) in [6, 6.07) is 36.6. The van der Waals surface area contributed by atoms with Crippen LogP contribution in [0.3, 0.4) is 0 Å². The van der Waals surface area contributed by atoms with Crippen LogP contribution in [-0.2, 0) is 20.8 Å². The van der Waals surface area contributed by atoms with Crippen LogP contribution in [0.4, 0.5) is 4.79 Å². The second-order valence-corrected chi connectivity index (χ2v) is 16.5. The molecule has 1 aliphatic rings. The van der Waals surface area contributed by atoms with E-state index in [1.165, 1.54) is 16.7 Å². The summed E-state index contributed by atoms with van der Waals surface area (Å²) in [6.45, 7) is 11.0. The molecule has 1 saturated heterocycles. The molecule has 0 aromatic heterocycles. The Balaban J connectivity index is 1.43. The number of hydrogen-bond acceptors (Lipinski definition) is 5.